The first-order valence-electron chi connectivity index (χ1n) is 8.34. The van der Waals surface area contributed by atoms with Crippen molar-refractivity contribution in [2.75, 3.05) is 0 Å². The number of rotatable bonds is 2. The first-order valence-corrected chi connectivity index (χ1v) is 8.34. The Kier molecular flexibility index (Phi) is 4.45. The van der Waals surface area contributed by atoms with E-state index in [-0.39, 0.29) is 17.4 Å². The van der Waals surface area contributed by atoms with Gasteiger partial charge in [0.1, 0.15) is 6.04 Å². The summed E-state index contributed by atoms with van der Waals surface area (Å²) in [5.41, 5.74) is 1.96. The smallest absolute Gasteiger partial charge is 0.258 e. The van der Waals surface area contributed by atoms with Gasteiger partial charge in [-0.1, -0.05) is 42.5 Å². The standard InChI is InChI=1S/C21H22N2O2/c1-21(2,3)22-19(24)18-17-12-8-7-9-15(17)13-14-23(18)20(25)16-10-5-4-6-11-16/h4-14,18H,1-3H3,(H,22,24). The average molecular weight is 334 g/mol. The zero-order valence-electron chi connectivity index (χ0n) is 14.7. The van der Waals surface area contributed by atoms with Gasteiger partial charge in [0, 0.05) is 17.3 Å². The molecule has 0 saturated heterocycles. The molecular formula is C21H22N2O2. The summed E-state index contributed by atoms with van der Waals surface area (Å²) in [6.45, 7) is 5.79. The molecule has 0 spiro atoms. The lowest BCUT2D eigenvalue weighted by atomic mass is 9.94. The summed E-state index contributed by atoms with van der Waals surface area (Å²) in [7, 11) is 0. The van der Waals surface area contributed by atoms with Gasteiger partial charge in [-0.25, -0.2) is 0 Å². The number of fused-ring (bicyclic) bond motifs is 1. The SMILES string of the molecule is CC(C)(C)NC(=O)C1c2ccccc2C=CN1C(=O)c1ccccc1. The lowest BCUT2D eigenvalue weighted by Crippen LogP contribution is -2.48. The van der Waals surface area contributed by atoms with E-state index in [1.54, 1.807) is 18.3 Å². The highest BCUT2D eigenvalue weighted by atomic mass is 16.2. The molecule has 2 aromatic carbocycles. The number of carbonyl (C=O) groups is 2. The highest BCUT2D eigenvalue weighted by molar-refractivity contribution is 6.00. The van der Waals surface area contributed by atoms with Crippen molar-refractivity contribution >= 4 is 17.9 Å². The second kappa shape index (κ2) is 6.55. The number of carbonyl (C=O) groups excluding carboxylic acids is 2. The zero-order valence-corrected chi connectivity index (χ0v) is 14.7. The average Bonchev–Trinajstić information content (AvgIpc) is 2.59. The van der Waals surface area contributed by atoms with E-state index in [4.69, 9.17) is 0 Å². The molecule has 3 rings (SSSR count). The van der Waals surface area contributed by atoms with E-state index in [9.17, 15) is 9.59 Å². The van der Waals surface area contributed by atoms with E-state index < -0.39 is 6.04 Å². The molecule has 2 amide bonds. The molecule has 128 valence electrons. The Balaban J connectivity index is 2.02. The summed E-state index contributed by atoms with van der Waals surface area (Å²) in [4.78, 5) is 27.5. The van der Waals surface area contributed by atoms with Gasteiger partial charge >= 0.3 is 0 Å². The van der Waals surface area contributed by atoms with Crippen molar-refractivity contribution in [3.63, 3.8) is 0 Å². The normalized spacial score (nSPS) is 16.3. The highest BCUT2D eigenvalue weighted by Crippen LogP contribution is 2.32. The van der Waals surface area contributed by atoms with Crippen molar-refractivity contribution in [2.45, 2.75) is 32.4 Å². The maximum atomic E-state index is 13.0. The molecule has 0 aliphatic carbocycles. The fraction of sp³-hybridized carbons (Fsp3) is 0.238. The number of benzene rings is 2. The van der Waals surface area contributed by atoms with Crippen molar-refractivity contribution in [3.8, 4) is 0 Å². The molecule has 4 heteroatoms. The molecule has 0 fully saturated rings. The fourth-order valence-electron chi connectivity index (χ4n) is 2.93. The van der Waals surface area contributed by atoms with Crippen LogP contribution in [-0.2, 0) is 4.79 Å². The van der Waals surface area contributed by atoms with Crippen molar-refractivity contribution in [1.29, 1.82) is 0 Å². The molecule has 0 radical (unpaired) electrons. The summed E-state index contributed by atoms with van der Waals surface area (Å²) in [6.07, 6.45) is 3.57. The third-order valence-corrected chi connectivity index (χ3v) is 3.99. The molecule has 0 aromatic heterocycles. The van der Waals surface area contributed by atoms with Crippen LogP contribution in [0.2, 0.25) is 0 Å². The summed E-state index contributed by atoms with van der Waals surface area (Å²) in [5.74, 6) is -0.381. The van der Waals surface area contributed by atoms with Crippen molar-refractivity contribution in [2.24, 2.45) is 0 Å². The topological polar surface area (TPSA) is 49.4 Å². The van der Waals surface area contributed by atoms with E-state index in [0.29, 0.717) is 5.56 Å². The third-order valence-electron chi connectivity index (χ3n) is 3.99. The Labute approximate surface area is 148 Å². The van der Waals surface area contributed by atoms with Gasteiger partial charge in [0.25, 0.3) is 5.91 Å². The Morgan fingerprint density at radius 1 is 0.960 bits per heavy atom. The van der Waals surface area contributed by atoms with Gasteiger partial charge in [-0.3, -0.25) is 14.5 Å². The molecule has 25 heavy (non-hydrogen) atoms. The minimum atomic E-state index is -0.687. The maximum absolute atomic E-state index is 13.0. The molecule has 1 atom stereocenters. The Morgan fingerprint density at radius 2 is 1.60 bits per heavy atom. The van der Waals surface area contributed by atoms with Gasteiger partial charge in [-0.05, 0) is 50.1 Å². The lowest BCUT2D eigenvalue weighted by Gasteiger charge is -2.34. The van der Waals surface area contributed by atoms with E-state index in [0.717, 1.165) is 11.1 Å². The van der Waals surface area contributed by atoms with Crippen molar-refractivity contribution < 1.29 is 9.59 Å². The van der Waals surface area contributed by atoms with Crippen LogP contribution in [0.1, 0.15) is 48.3 Å². The summed E-state index contributed by atoms with van der Waals surface area (Å²) < 4.78 is 0. The number of amides is 2. The predicted molar refractivity (Wildman–Crippen MR) is 98.7 cm³/mol. The van der Waals surface area contributed by atoms with Gasteiger partial charge in [0.15, 0.2) is 0 Å². The summed E-state index contributed by atoms with van der Waals surface area (Å²) >= 11 is 0. The van der Waals surface area contributed by atoms with Crippen LogP contribution >= 0.6 is 0 Å². The van der Waals surface area contributed by atoms with Crippen LogP contribution in [0.25, 0.3) is 6.08 Å². The predicted octanol–water partition coefficient (Wildman–Crippen LogP) is 3.77. The third kappa shape index (κ3) is 3.63. The minimum absolute atomic E-state index is 0.186. The minimum Gasteiger partial charge on any atom is -0.349 e. The van der Waals surface area contributed by atoms with Crippen LogP contribution in [0.15, 0.2) is 60.8 Å². The number of hydrogen-bond donors (Lipinski definition) is 1. The molecule has 1 heterocycles. The first-order chi connectivity index (χ1) is 11.9. The molecule has 1 aliphatic heterocycles. The Morgan fingerprint density at radius 3 is 2.28 bits per heavy atom. The van der Waals surface area contributed by atoms with Crippen LogP contribution < -0.4 is 5.32 Å². The molecule has 0 saturated carbocycles. The van der Waals surface area contributed by atoms with E-state index in [1.807, 2.05) is 69.3 Å². The monoisotopic (exact) mass is 334 g/mol. The molecular weight excluding hydrogens is 312 g/mol. The second-order valence-electron chi connectivity index (χ2n) is 7.16. The number of hydrogen-bond acceptors (Lipinski definition) is 2. The Bertz CT molecular complexity index is 819. The summed E-state index contributed by atoms with van der Waals surface area (Å²) in [6, 6.07) is 16.0. The fourth-order valence-corrected chi connectivity index (χ4v) is 2.93. The zero-order chi connectivity index (χ0) is 18.0. The quantitative estimate of drug-likeness (QED) is 0.909. The van der Waals surface area contributed by atoms with Gasteiger partial charge in [-0.15, -0.1) is 0 Å². The summed E-state index contributed by atoms with van der Waals surface area (Å²) in [5, 5.41) is 3.00. The van der Waals surface area contributed by atoms with E-state index in [1.165, 1.54) is 4.90 Å². The molecule has 2 aromatic rings. The van der Waals surface area contributed by atoms with Crippen LogP contribution in [0.3, 0.4) is 0 Å². The largest absolute Gasteiger partial charge is 0.349 e. The maximum Gasteiger partial charge on any atom is 0.258 e. The molecule has 0 bridgehead atoms. The van der Waals surface area contributed by atoms with Crippen molar-refractivity contribution in [3.05, 3.63) is 77.5 Å². The number of nitrogens with one attached hydrogen (secondary N) is 1. The van der Waals surface area contributed by atoms with Crippen LogP contribution in [0.4, 0.5) is 0 Å². The number of nitrogens with zero attached hydrogens (tertiary/aromatic N) is 1. The van der Waals surface area contributed by atoms with Gasteiger partial charge in [0.2, 0.25) is 5.91 Å². The molecule has 1 N–H and O–H groups in total. The molecule has 1 aliphatic rings. The molecule has 1 unspecified atom stereocenters. The van der Waals surface area contributed by atoms with Gasteiger partial charge < -0.3 is 5.32 Å². The van der Waals surface area contributed by atoms with Crippen LogP contribution in [-0.4, -0.2) is 22.3 Å². The van der Waals surface area contributed by atoms with Crippen LogP contribution in [0, 0.1) is 0 Å². The first kappa shape index (κ1) is 17.0. The van der Waals surface area contributed by atoms with Crippen LogP contribution in [0.5, 0.6) is 0 Å². The second-order valence-corrected chi connectivity index (χ2v) is 7.16. The molecule has 4 nitrogen and oxygen atoms in total. The van der Waals surface area contributed by atoms with Gasteiger partial charge in [0.05, 0.1) is 0 Å². The lowest BCUT2D eigenvalue weighted by molar-refractivity contribution is -0.126. The van der Waals surface area contributed by atoms with E-state index in [2.05, 4.69) is 5.32 Å². The van der Waals surface area contributed by atoms with Gasteiger partial charge in [-0.2, -0.15) is 0 Å². The highest BCUT2D eigenvalue weighted by Gasteiger charge is 2.35. The van der Waals surface area contributed by atoms with E-state index >= 15 is 0 Å². The Hall–Kier alpha value is -2.88. The van der Waals surface area contributed by atoms with Crippen molar-refractivity contribution in [1.82, 2.24) is 10.2 Å².